The quantitative estimate of drug-likeness (QED) is 0.489. The summed E-state index contributed by atoms with van der Waals surface area (Å²) in [5, 5.41) is 22.7. The van der Waals surface area contributed by atoms with E-state index in [1.54, 1.807) is 0 Å². The molecule has 0 spiro atoms. The third kappa shape index (κ3) is 5.09. The highest BCUT2D eigenvalue weighted by Gasteiger charge is 2.11. The minimum atomic E-state index is -0.500. The molecule has 106 valence electrons. The first-order valence-corrected chi connectivity index (χ1v) is 6.33. The van der Waals surface area contributed by atoms with Gasteiger partial charge in [-0.1, -0.05) is 13.3 Å². The van der Waals surface area contributed by atoms with Crippen molar-refractivity contribution in [2.75, 3.05) is 24.2 Å². The maximum Gasteiger partial charge on any atom is 0.276 e. The number of hydrogen-bond donors (Lipinski definition) is 3. The molecule has 7 nitrogen and oxygen atoms in total. The zero-order valence-electron chi connectivity index (χ0n) is 11.0. The van der Waals surface area contributed by atoms with Gasteiger partial charge in [0.25, 0.3) is 5.69 Å². The fraction of sp³-hybridized carbons (Fsp3) is 0.583. The molecule has 19 heavy (non-hydrogen) atoms. The second kappa shape index (κ2) is 7.52. The van der Waals surface area contributed by atoms with Crippen molar-refractivity contribution >= 4 is 17.3 Å². The van der Waals surface area contributed by atoms with Crippen molar-refractivity contribution in [1.82, 2.24) is 4.98 Å². The van der Waals surface area contributed by atoms with Crippen LogP contribution in [-0.4, -0.2) is 28.2 Å². The molecule has 0 fully saturated rings. The Bertz CT molecular complexity index is 419. The first-order chi connectivity index (χ1) is 9.06. The summed E-state index contributed by atoms with van der Waals surface area (Å²) in [5.74, 6) is 0.828. The fourth-order valence-corrected chi connectivity index (χ4v) is 1.92. The second-order valence-corrected chi connectivity index (χ2v) is 4.44. The fourth-order valence-electron chi connectivity index (χ4n) is 1.92. The van der Waals surface area contributed by atoms with Crippen LogP contribution >= 0.6 is 0 Å². The predicted molar refractivity (Wildman–Crippen MR) is 73.9 cm³/mol. The van der Waals surface area contributed by atoms with Crippen LogP contribution in [0.2, 0.25) is 0 Å². The van der Waals surface area contributed by atoms with Crippen LogP contribution in [0.5, 0.6) is 0 Å². The van der Waals surface area contributed by atoms with Crippen LogP contribution in [-0.2, 0) is 0 Å². The topological polar surface area (TPSA) is 114 Å². The Balaban J connectivity index is 2.67. The van der Waals surface area contributed by atoms with Gasteiger partial charge in [0, 0.05) is 13.2 Å². The van der Waals surface area contributed by atoms with Crippen molar-refractivity contribution in [1.29, 1.82) is 0 Å². The lowest BCUT2D eigenvalue weighted by Gasteiger charge is -2.16. The van der Waals surface area contributed by atoms with Crippen LogP contribution < -0.4 is 11.1 Å². The van der Waals surface area contributed by atoms with E-state index >= 15 is 0 Å². The average molecular weight is 268 g/mol. The van der Waals surface area contributed by atoms with Gasteiger partial charge < -0.3 is 16.2 Å². The maximum atomic E-state index is 10.7. The Morgan fingerprint density at radius 1 is 1.53 bits per heavy atom. The molecule has 1 unspecified atom stereocenters. The molecule has 0 saturated carbocycles. The number of rotatable bonds is 8. The van der Waals surface area contributed by atoms with Gasteiger partial charge in [-0.05, 0) is 18.8 Å². The van der Waals surface area contributed by atoms with Crippen molar-refractivity contribution in [3.63, 3.8) is 0 Å². The summed E-state index contributed by atoms with van der Waals surface area (Å²) < 4.78 is 0. The van der Waals surface area contributed by atoms with Gasteiger partial charge in [0.2, 0.25) is 0 Å². The van der Waals surface area contributed by atoms with E-state index < -0.39 is 4.92 Å². The van der Waals surface area contributed by atoms with E-state index in [2.05, 4.69) is 17.2 Å². The lowest BCUT2D eigenvalue weighted by molar-refractivity contribution is -0.384. The predicted octanol–water partition coefficient (Wildman–Crippen LogP) is 1.78. The Kier molecular flexibility index (Phi) is 6.01. The number of aliphatic hydroxyl groups excluding tert-OH is 1. The molecule has 1 heterocycles. The zero-order chi connectivity index (χ0) is 14.3. The number of anilines is 2. The van der Waals surface area contributed by atoms with Gasteiger partial charge >= 0.3 is 0 Å². The van der Waals surface area contributed by atoms with Gasteiger partial charge in [0.1, 0.15) is 11.6 Å². The van der Waals surface area contributed by atoms with Crippen LogP contribution in [0.4, 0.5) is 17.3 Å². The van der Waals surface area contributed by atoms with E-state index in [1.807, 2.05) is 0 Å². The van der Waals surface area contributed by atoms with Crippen LogP contribution in [0, 0.1) is 16.0 Å². The molecule has 7 heteroatoms. The highest BCUT2D eigenvalue weighted by atomic mass is 16.6. The van der Waals surface area contributed by atoms with Crippen LogP contribution in [0.15, 0.2) is 12.1 Å². The van der Waals surface area contributed by atoms with Gasteiger partial charge in [-0.3, -0.25) is 10.1 Å². The lowest BCUT2D eigenvalue weighted by Crippen LogP contribution is -2.16. The summed E-state index contributed by atoms with van der Waals surface area (Å²) in [7, 11) is 0. The molecule has 0 radical (unpaired) electrons. The summed E-state index contributed by atoms with van der Waals surface area (Å²) in [6, 6.07) is 2.58. The highest BCUT2D eigenvalue weighted by Crippen LogP contribution is 2.19. The van der Waals surface area contributed by atoms with Crippen molar-refractivity contribution in [3.8, 4) is 0 Å². The standard InChI is InChI=1S/C12H20N4O3/c1-2-3-9(4-5-17)8-14-12-7-10(16(18)19)6-11(13)15-12/h6-7,9,17H,2-5,8H2,1H3,(H3,13,14,15). The molecule has 0 saturated heterocycles. The van der Waals surface area contributed by atoms with Crippen LogP contribution in [0.25, 0.3) is 0 Å². The number of nitrogens with one attached hydrogen (secondary N) is 1. The van der Waals surface area contributed by atoms with Gasteiger partial charge in [0.15, 0.2) is 0 Å². The van der Waals surface area contributed by atoms with E-state index in [1.165, 1.54) is 12.1 Å². The first-order valence-electron chi connectivity index (χ1n) is 6.33. The van der Waals surface area contributed by atoms with Crippen molar-refractivity contribution in [2.24, 2.45) is 5.92 Å². The normalized spacial score (nSPS) is 12.1. The third-order valence-corrected chi connectivity index (χ3v) is 2.85. The molecule has 0 aliphatic rings. The molecule has 0 amide bonds. The van der Waals surface area contributed by atoms with E-state index in [-0.39, 0.29) is 18.1 Å². The smallest absolute Gasteiger partial charge is 0.276 e. The molecule has 1 aromatic rings. The van der Waals surface area contributed by atoms with Crippen LogP contribution in [0.1, 0.15) is 26.2 Å². The molecular weight excluding hydrogens is 248 g/mol. The molecule has 0 bridgehead atoms. The average Bonchev–Trinajstić information content (AvgIpc) is 2.36. The molecule has 0 aliphatic carbocycles. The summed E-state index contributed by atoms with van der Waals surface area (Å²) in [6.07, 6.45) is 2.71. The highest BCUT2D eigenvalue weighted by molar-refractivity contribution is 5.52. The summed E-state index contributed by atoms with van der Waals surface area (Å²) in [4.78, 5) is 14.2. The van der Waals surface area contributed by atoms with Gasteiger partial charge in [0.05, 0.1) is 17.1 Å². The second-order valence-electron chi connectivity index (χ2n) is 4.44. The SMILES string of the molecule is CCCC(CCO)CNc1cc([N+](=O)[O-])cc(N)n1. The molecule has 0 aliphatic heterocycles. The van der Waals surface area contributed by atoms with Crippen LogP contribution in [0.3, 0.4) is 0 Å². The molecule has 4 N–H and O–H groups in total. The van der Waals surface area contributed by atoms with Crippen molar-refractivity contribution in [3.05, 3.63) is 22.2 Å². The number of nitrogens with two attached hydrogens (primary N) is 1. The number of nitrogens with zero attached hydrogens (tertiary/aromatic N) is 2. The Morgan fingerprint density at radius 3 is 2.84 bits per heavy atom. The largest absolute Gasteiger partial charge is 0.396 e. The number of nitro groups is 1. The van der Waals surface area contributed by atoms with E-state index in [4.69, 9.17) is 10.8 Å². The molecule has 1 rings (SSSR count). The Hall–Kier alpha value is -1.89. The van der Waals surface area contributed by atoms with Crippen molar-refractivity contribution in [2.45, 2.75) is 26.2 Å². The molecule has 1 atom stereocenters. The summed E-state index contributed by atoms with van der Waals surface area (Å²) in [6.45, 7) is 2.83. The monoisotopic (exact) mass is 268 g/mol. The number of pyridine rings is 1. The minimum absolute atomic E-state index is 0.0794. The molecule has 1 aromatic heterocycles. The van der Waals surface area contributed by atoms with Gasteiger partial charge in [-0.15, -0.1) is 0 Å². The Labute approximate surface area is 112 Å². The third-order valence-electron chi connectivity index (χ3n) is 2.85. The maximum absolute atomic E-state index is 10.7. The number of hydrogen-bond acceptors (Lipinski definition) is 6. The zero-order valence-corrected chi connectivity index (χ0v) is 11.0. The number of aromatic nitrogens is 1. The number of nitrogen functional groups attached to an aromatic ring is 1. The first kappa shape index (κ1) is 15.2. The van der Waals surface area contributed by atoms with Gasteiger partial charge in [-0.25, -0.2) is 4.98 Å². The van der Waals surface area contributed by atoms with Gasteiger partial charge in [-0.2, -0.15) is 0 Å². The molecular formula is C12H20N4O3. The van der Waals surface area contributed by atoms with E-state index in [9.17, 15) is 10.1 Å². The van der Waals surface area contributed by atoms with E-state index in [0.717, 1.165) is 12.8 Å². The molecule has 0 aromatic carbocycles. The number of aliphatic hydroxyl groups is 1. The summed E-state index contributed by atoms with van der Waals surface area (Å²) in [5.41, 5.74) is 5.45. The minimum Gasteiger partial charge on any atom is -0.396 e. The lowest BCUT2D eigenvalue weighted by atomic mass is 10.0. The van der Waals surface area contributed by atoms with E-state index in [0.29, 0.717) is 24.7 Å². The summed E-state index contributed by atoms with van der Waals surface area (Å²) >= 11 is 0. The van der Waals surface area contributed by atoms with Crippen molar-refractivity contribution < 1.29 is 10.0 Å². The Morgan fingerprint density at radius 2 is 2.26 bits per heavy atom.